The lowest BCUT2D eigenvalue weighted by Gasteiger charge is -2.18. The van der Waals surface area contributed by atoms with Crippen LogP contribution in [0.1, 0.15) is 35.2 Å². The van der Waals surface area contributed by atoms with Gasteiger partial charge in [0.15, 0.2) is 15.7 Å². The van der Waals surface area contributed by atoms with Crippen molar-refractivity contribution in [3.8, 4) is 0 Å². The van der Waals surface area contributed by atoms with E-state index >= 15 is 0 Å². The summed E-state index contributed by atoms with van der Waals surface area (Å²) in [6.45, 7) is 5.89. The molecular weight excluding hydrogens is 358 g/mol. The highest BCUT2D eigenvalue weighted by Crippen LogP contribution is 2.27. The summed E-state index contributed by atoms with van der Waals surface area (Å²) in [4.78, 5) is 13.8. The van der Waals surface area contributed by atoms with Crippen molar-refractivity contribution in [3.63, 3.8) is 0 Å². The van der Waals surface area contributed by atoms with Gasteiger partial charge < -0.3 is 9.42 Å². The molecule has 0 radical (unpaired) electrons. The van der Waals surface area contributed by atoms with E-state index in [9.17, 15) is 13.2 Å². The summed E-state index contributed by atoms with van der Waals surface area (Å²) in [6, 6.07) is 1.19. The SMILES string of the molecule is Cc1cc(NC(=O)N(C)Cc2c(C)nn([C@@H]3CCS(=O)(=O)C3)c2C)no1. The number of carbonyl (C=O) groups excluding carboxylic acids is 1. The van der Waals surface area contributed by atoms with Crippen LogP contribution in [0.3, 0.4) is 0 Å². The van der Waals surface area contributed by atoms with E-state index in [0.29, 0.717) is 24.5 Å². The number of nitrogens with zero attached hydrogens (tertiary/aromatic N) is 4. The van der Waals surface area contributed by atoms with Gasteiger partial charge in [0.05, 0.1) is 29.8 Å². The van der Waals surface area contributed by atoms with Crippen LogP contribution >= 0.6 is 0 Å². The maximum Gasteiger partial charge on any atom is 0.323 e. The van der Waals surface area contributed by atoms with Crippen LogP contribution in [0.15, 0.2) is 10.6 Å². The van der Waals surface area contributed by atoms with Crippen molar-refractivity contribution < 1.29 is 17.7 Å². The molecule has 2 aromatic heterocycles. The van der Waals surface area contributed by atoms with Gasteiger partial charge in [-0.2, -0.15) is 5.10 Å². The van der Waals surface area contributed by atoms with Crippen molar-refractivity contribution in [2.45, 2.75) is 39.8 Å². The summed E-state index contributed by atoms with van der Waals surface area (Å²) in [5, 5.41) is 10.9. The summed E-state index contributed by atoms with van der Waals surface area (Å²) >= 11 is 0. The van der Waals surface area contributed by atoms with Crippen LogP contribution < -0.4 is 5.32 Å². The molecule has 0 bridgehead atoms. The predicted molar refractivity (Wildman–Crippen MR) is 95.7 cm³/mol. The second-order valence-electron chi connectivity index (χ2n) is 6.76. The van der Waals surface area contributed by atoms with Gasteiger partial charge in [-0.15, -0.1) is 0 Å². The summed E-state index contributed by atoms with van der Waals surface area (Å²) in [5.74, 6) is 1.29. The zero-order valence-electron chi connectivity index (χ0n) is 15.3. The highest BCUT2D eigenvalue weighted by Gasteiger charge is 2.31. The Bertz CT molecular complexity index is 931. The lowest BCUT2D eigenvalue weighted by Crippen LogP contribution is -2.31. The Morgan fingerprint density at radius 2 is 2.15 bits per heavy atom. The molecule has 0 unspecified atom stereocenters. The Kier molecular flexibility index (Phi) is 4.78. The van der Waals surface area contributed by atoms with Gasteiger partial charge in [-0.3, -0.25) is 10.00 Å². The standard InChI is InChI=1S/C16H23N5O4S/c1-10-7-15(19-25-10)17-16(22)20(4)8-14-11(2)18-21(12(14)3)13-5-6-26(23,24)9-13/h7,13H,5-6,8-9H2,1-4H3,(H,17,19,22)/t13-/m1/s1. The molecule has 3 rings (SSSR count). The number of nitrogens with one attached hydrogen (secondary N) is 1. The van der Waals surface area contributed by atoms with Gasteiger partial charge in [0.25, 0.3) is 0 Å². The van der Waals surface area contributed by atoms with Gasteiger partial charge >= 0.3 is 6.03 Å². The minimum absolute atomic E-state index is 0.121. The minimum atomic E-state index is -2.98. The van der Waals surface area contributed by atoms with E-state index < -0.39 is 9.84 Å². The smallest absolute Gasteiger partial charge is 0.323 e. The third kappa shape index (κ3) is 3.74. The van der Waals surface area contributed by atoms with E-state index in [1.807, 2.05) is 13.8 Å². The van der Waals surface area contributed by atoms with Gasteiger partial charge in [0.2, 0.25) is 0 Å². The molecule has 9 nitrogen and oxygen atoms in total. The third-order valence-corrected chi connectivity index (χ3v) is 6.38. The molecule has 142 valence electrons. The molecule has 10 heteroatoms. The number of hydrogen-bond donors (Lipinski definition) is 1. The molecule has 1 aliphatic heterocycles. The number of hydrogen-bond acceptors (Lipinski definition) is 6. The Balaban J connectivity index is 1.72. The molecular formula is C16H23N5O4S. The molecule has 2 amide bonds. The zero-order chi connectivity index (χ0) is 19.1. The zero-order valence-corrected chi connectivity index (χ0v) is 16.1. The van der Waals surface area contributed by atoms with Crippen LogP contribution in [0.25, 0.3) is 0 Å². The maximum atomic E-state index is 12.3. The molecule has 0 aliphatic carbocycles. The van der Waals surface area contributed by atoms with E-state index in [4.69, 9.17) is 4.52 Å². The Labute approximate surface area is 152 Å². The van der Waals surface area contributed by atoms with Crippen molar-refractivity contribution in [3.05, 3.63) is 28.8 Å². The second kappa shape index (κ2) is 6.75. The van der Waals surface area contributed by atoms with Gasteiger partial charge in [0.1, 0.15) is 5.76 Å². The van der Waals surface area contributed by atoms with Crippen molar-refractivity contribution in [1.29, 1.82) is 0 Å². The summed E-state index contributed by atoms with van der Waals surface area (Å²) < 4.78 is 30.2. The molecule has 1 saturated heterocycles. The lowest BCUT2D eigenvalue weighted by atomic mass is 10.2. The Hall–Kier alpha value is -2.36. The van der Waals surface area contributed by atoms with Crippen LogP contribution in [-0.4, -0.2) is 52.8 Å². The van der Waals surface area contributed by atoms with Crippen molar-refractivity contribution in [2.75, 3.05) is 23.9 Å². The van der Waals surface area contributed by atoms with Crippen LogP contribution in [0.2, 0.25) is 0 Å². The van der Waals surface area contributed by atoms with Crippen molar-refractivity contribution in [2.24, 2.45) is 0 Å². The van der Waals surface area contributed by atoms with Gasteiger partial charge in [0, 0.05) is 24.4 Å². The van der Waals surface area contributed by atoms with Crippen LogP contribution in [0.4, 0.5) is 10.6 Å². The van der Waals surface area contributed by atoms with E-state index in [-0.39, 0.29) is 23.6 Å². The quantitative estimate of drug-likeness (QED) is 0.865. The molecule has 1 N–H and O–H groups in total. The number of rotatable bonds is 4. The third-order valence-electron chi connectivity index (χ3n) is 4.63. The van der Waals surface area contributed by atoms with Gasteiger partial charge in [-0.1, -0.05) is 5.16 Å². The fourth-order valence-electron chi connectivity index (χ4n) is 3.19. The summed E-state index contributed by atoms with van der Waals surface area (Å²) in [6.07, 6.45) is 0.575. The molecule has 0 aromatic carbocycles. The van der Waals surface area contributed by atoms with E-state index in [0.717, 1.165) is 17.0 Å². The first-order chi connectivity index (χ1) is 12.2. The Morgan fingerprint density at radius 3 is 2.73 bits per heavy atom. The number of anilines is 1. The predicted octanol–water partition coefficient (Wildman–Crippen LogP) is 1.82. The number of carbonyl (C=O) groups is 1. The summed E-state index contributed by atoms with van der Waals surface area (Å²) in [7, 11) is -1.31. The number of sulfone groups is 1. The van der Waals surface area contributed by atoms with Crippen molar-refractivity contribution >= 4 is 21.7 Å². The monoisotopic (exact) mass is 381 g/mol. The molecule has 3 heterocycles. The van der Waals surface area contributed by atoms with Crippen molar-refractivity contribution in [1.82, 2.24) is 19.8 Å². The van der Waals surface area contributed by atoms with E-state index in [1.165, 1.54) is 4.90 Å². The average molecular weight is 381 g/mol. The number of amides is 2. The highest BCUT2D eigenvalue weighted by molar-refractivity contribution is 7.91. The number of aromatic nitrogens is 3. The average Bonchev–Trinajstić information content (AvgIpc) is 3.20. The molecule has 0 spiro atoms. The molecule has 2 aromatic rings. The highest BCUT2D eigenvalue weighted by atomic mass is 32.2. The second-order valence-corrected chi connectivity index (χ2v) is 8.99. The molecule has 1 aliphatic rings. The first kappa shape index (κ1) is 18.4. The largest absolute Gasteiger partial charge is 0.360 e. The fourth-order valence-corrected chi connectivity index (χ4v) is 4.88. The molecule has 1 fully saturated rings. The van der Waals surface area contributed by atoms with E-state index in [2.05, 4.69) is 15.6 Å². The molecule has 0 saturated carbocycles. The maximum absolute atomic E-state index is 12.3. The van der Waals surface area contributed by atoms with Gasteiger partial charge in [-0.05, 0) is 27.2 Å². The lowest BCUT2D eigenvalue weighted by molar-refractivity contribution is 0.220. The number of urea groups is 1. The first-order valence-corrected chi connectivity index (χ1v) is 10.2. The molecule has 26 heavy (non-hydrogen) atoms. The fraction of sp³-hybridized carbons (Fsp3) is 0.562. The number of aryl methyl sites for hydroxylation is 2. The van der Waals surface area contributed by atoms with Crippen LogP contribution in [0, 0.1) is 20.8 Å². The van der Waals surface area contributed by atoms with Gasteiger partial charge in [-0.25, -0.2) is 13.2 Å². The minimum Gasteiger partial charge on any atom is -0.360 e. The Morgan fingerprint density at radius 1 is 1.42 bits per heavy atom. The van der Waals surface area contributed by atoms with E-state index in [1.54, 1.807) is 24.7 Å². The normalized spacial score (nSPS) is 18.8. The van der Waals surface area contributed by atoms with Crippen LogP contribution in [0.5, 0.6) is 0 Å². The molecule has 1 atom stereocenters. The first-order valence-electron chi connectivity index (χ1n) is 8.36. The summed E-state index contributed by atoms with van der Waals surface area (Å²) in [5.41, 5.74) is 2.61. The van der Waals surface area contributed by atoms with Crippen LogP contribution in [-0.2, 0) is 16.4 Å². The topological polar surface area (TPSA) is 110 Å².